The molecule has 2 aromatic carbocycles. The summed E-state index contributed by atoms with van der Waals surface area (Å²) in [7, 11) is 1.54. The highest BCUT2D eigenvalue weighted by molar-refractivity contribution is 6.32. The molecule has 1 saturated heterocycles. The summed E-state index contributed by atoms with van der Waals surface area (Å²) in [6.07, 6.45) is 5.55. The van der Waals surface area contributed by atoms with Crippen LogP contribution in [-0.4, -0.2) is 36.1 Å². The van der Waals surface area contributed by atoms with Gasteiger partial charge in [0.25, 0.3) is 11.8 Å². The highest BCUT2D eigenvalue weighted by Crippen LogP contribution is 2.31. The van der Waals surface area contributed by atoms with E-state index in [4.69, 9.17) is 21.1 Å². The molecule has 1 aliphatic rings. The number of nitrogens with one attached hydrogen (secondary N) is 1. The van der Waals surface area contributed by atoms with Crippen LogP contribution in [0.15, 0.2) is 54.9 Å². The minimum absolute atomic E-state index is 0.250. The zero-order chi connectivity index (χ0) is 22.5. The van der Waals surface area contributed by atoms with E-state index >= 15 is 0 Å². The third kappa shape index (κ3) is 5.11. The van der Waals surface area contributed by atoms with Gasteiger partial charge in [-0.2, -0.15) is 0 Å². The van der Waals surface area contributed by atoms with Crippen LogP contribution in [0.3, 0.4) is 0 Å². The number of carbonyl (C=O) groups is 1. The number of amides is 1. The molecule has 1 aromatic heterocycles. The van der Waals surface area contributed by atoms with Gasteiger partial charge in [0.2, 0.25) is 0 Å². The third-order valence-electron chi connectivity index (χ3n) is 5.47. The summed E-state index contributed by atoms with van der Waals surface area (Å²) in [4.78, 5) is 23.7. The maximum Gasteiger partial charge on any atom is 0.263 e. The number of hydrogen-bond donors (Lipinski definition) is 1. The summed E-state index contributed by atoms with van der Waals surface area (Å²) in [5.41, 5.74) is 1.08. The molecule has 2 heterocycles. The lowest BCUT2D eigenvalue weighted by Crippen LogP contribution is -2.33. The molecule has 4 rings (SSSR count). The van der Waals surface area contributed by atoms with Crippen molar-refractivity contribution in [3.63, 3.8) is 0 Å². The number of anilines is 2. The van der Waals surface area contributed by atoms with Gasteiger partial charge in [-0.15, -0.1) is 0 Å². The number of piperidine rings is 1. The van der Waals surface area contributed by atoms with E-state index in [1.54, 1.807) is 62.0 Å². The molecule has 0 unspecified atom stereocenters. The number of hydrogen-bond acceptors (Lipinski definition) is 6. The number of aromatic nitrogens is 2. The van der Waals surface area contributed by atoms with Crippen LogP contribution in [0.5, 0.6) is 17.4 Å². The average Bonchev–Trinajstić information content (AvgIpc) is 2.81. The van der Waals surface area contributed by atoms with Gasteiger partial charge in [-0.3, -0.25) is 4.79 Å². The van der Waals surface area contributed by atoms with Crippen molar-refractivity contribution in [3.05, 3.63) is 65.4 Å². The van der Waals surface area contributed by atoms with E-state index in [9.17, 15) is 4.79 Å². The van der Waals surface area contributed by atoms with Gasteiger partial charge in [-0.05, 0) is 61.2 Å². The lowest BCUT2D eigenvalue weighted by atomic mass is 9.99. The molecule has 3 aromatic rings. The van der Waals surface area contributed by atoms with Crippen molar-refractivity contribution < 1.29 is 14.3 Å². The molecule has 0 saturated carbocycles. The van der Waals surface area contributed by atoms with Crippen LogP contribution in [0, 0.1) is 5.92 Å². The van der Waals surface area contributed by atoms with Crippen LogP contribution in [0.1, 0.15) is 30.1 Å². The number of ether oxygens (including phenoxy) is 2. The SMILES string of the molecule is COc1ccc(NC(=O)c2ccc(Oc3nccnc3N3CCC(C)CC3)cc2)cc1Cl. The van der Waals surface area contributed by atoms with E-state index in [1.807, 2.05) is 0 Å². The fourth-order valence-electron chi connectivity index (χ4n) is 3.56. The van der Waals surface area contributed by atoms with E-state index in [0.717, 1.165) is 37.7 Å². The van der Waals surface area contributed by atoms with Gasteiger partial charge in [0.15, 0.2) is 5.82 Å². The standard InChI is InChI=1S/C24H25ClN4O3/c1-16-9-13-29(14-10-16)22-24(27-12-11-26-22)32-19-6-3-17(4-7-19)23(30)28-18-5-8-21(31-2)20(25)15-18/h3-8,11-12,15-16H,9-10,13-14H2,1-2H3,(H,28,30). The molecule has 0 spiro atoms. The third-order valence-corrected chi connectivity index (χ3v) is 5.77. The Morgan fingerprint density at radius 3 is 2.50 bits per heavy atom. The monoisotopic (exact) mass is 452 g/mol. The van der Waals surface area contributed by atoms with Gasteiger partial charge in [-0.25, -0.2) is 9.97 Å². The Hall–Kier alpha value is -3.32. The van der Waals surface area contributed by atoms with Gasteiger partial charge in [0.1, 0.15) is 11.5 Å². The van der Waals surface area contributed by atoms with Crippen molar-refractivity contribution >= 4 is 29.0 Å². The molecule has 1 amide bonds. The van der Waals surface area contributed by atoms with Crippen LogP contribution in [0.4, 0.5) is 11.5 Å². The number of halogens is 1. The van der Waals surface area contributed by atoms with Crippen LogP contribution >= 0.6 is 11.6 Å². The second kappa shape index (κ2) is 9.87. The Bertz CT molecular complexity index is 1080. The molecule has 1 fully saturated rings. The molecule has 7 nitrogen and oxygen atoms in total. The van der Waals surface area contributed by atoms with Gasteiger partial charge in [-0.1, -0.05) is 18.5 Å². The second-order valence-electron chi connectivity index (χ2n) is 7.78. The molecular weight excluding hydrogens is 428 g/mol. The van der Waals surface area contributed by atoms with Crippen LogP contribution in [0.2, 0.25) is 5.02 Å². The van der Waals surface area contributed by atoms with Crippen LogP contribution < -0.4 is 19.7 Å². The van der Waals surface area contributed by atoms with E-state index in [1.165, 1.54) is 0 Å². The summed E-state index contributed by atoms with van der Waals surface area (Å²) in [6, 6.07) is 12.0. The van der Waals surface area contributed by atoms with E-state index in [-0.39, 0.29) is 5.91 Å². The Balaban J connectivity index is 1.43. The zero-order valence-corrected chi connectivity index (χ0v) is 18.8. The minimum Gasteiger partial charge on any atom is -0.495 e. The molecule has 8 heteroatoms. The topological polar surface area (TPSA) is 76.6 Å². The fourth-order valence-corrected chi connectivity index (χ4v) is 3.82. The van der Waals surface area contributed by atoms with Gasteiger partial charge >= 0.3 is 0 Å². The zero-order valence-electron chi connectivity index (χ0n) is 18.0. The van der Waals surface area contributed by atoms with E-state index in [0.29, 0.717) is 33.7 Å². The molecule has 0 aliphatic carbocycles. The van der Waals surface area contributed by atoms with Crippen LogP contribution in [0.25, 0.3) is 0 Å². The second-order valence-corrected chi connectivity index (χ2v) is 8.19. The van der Waals surface area contributed by atoms with Gasteiger partial charge in [0, 0.05) is 36.7 Å². The first-order valence-electron chi connectivity index (χ1n) is 10.5. The predicted molar refractivity (Wildman–Crippen MR) is 125 cm³/mol. The van der Waals surface area contributed by atoms with Crippen LogP contribution in [-0.2, 0) is 0 Å². The number of nitrogens with zero attached hydrogens (tertiary/aromatic N) is 3. The van der Waals surface area contributed by atoms with Gasteiger partial charge < -0.3 is 19.7 Å². The average molecular weight is 453 g/mol. The largest absolute Gasteiger partial charge is 0.495 e. The molecule has 166 valence electrons. The Kier molecular flexibility index (Phi) is 6.75. The molecule has 1 aliphatic heterocycles. The summed E-state index contributed by atoms with van der Waals surface area (Å²) in [5.74, 6) is 2.82. The van der Waals surface area contributed by atoms with E-state index in [2.05, 4.69) is 27.1 Å². The fraction of sp³-hybridized carbons (Fsp3) is 0.292. The van der Waals surface area contributed by atoms with Crippen molar-refractivity contribution in [1.29, 1.82) is 0 Å². The summed E-state index contributed by atoms with van der Waals surface area (Å²) in [6.45, 7) is 4.14. The van der Waals surface area contributed by atoms with Crippen molar-refractivity contribution in [2.24, 2.45) is 5.92 Å². The summed E-state index contributed by atoms with van der Waals surface area (Å²) >= 11 is 6.13. The highest BCUT2D eigenvalue weighted by atomic mass is 35.5. The smallest absolute Gasteiger partial charge is 0.263 e. The lowest BCUT2D eigenvalue weighted by molar-refractivity contribution is 0.102. The quantitative estimate of drug-likeness (QED) is 0.538. The molecule has 0 atom stereocenters. The molecule has 32 heavy (non-hydrogen) atoms. The van der Waals surface area contributed by atoms with Crippen molar-refractivity contribution in [2.75, 3.05) is 30.4 Å². The molecule has 0 radical (unpaired) electrons. The van der Waals surface area contributed by atoms with E-state index < -0.39 is 0 Å². The van der Waals surface area contributed by atoms with Gasteiger partial charge in [0.05, 0.1) is 12.1 Å². The van der Waals surface area contributed by atoms with Crippen molar-refractivity contribution in [2.45, 2.75) is 19.8 Å². The number of carbonyl (C=O) groups excluding carboxylic acids is 1. The highest BCUT2D eigenvalue weighted by Gasteiger charge is 2.21. The Labute approximate surface area is 192 Å². The summed E-state index contributed by atoms with van der Waals surface area (Å²) in [5, 5.41) is 3.25. The minimum atomic E-state index is -0.250. The van der Waals surface area contributed by atoms with Crippen molar-refractivity contribution in [3.8, 4) is 17.4 Å². The predicted octanol–water partition coefficient (Wildman–Crippen LogP) is 5.42. The summed E-state index contributed by atoms with van der Waals surface area (Å²) < 4.78 is 11.1. The Morgan fingerprint density at radius 1 is 1.09 bits per heavy atom. The first kappa shape index (κ1) is 21.9. The number of rotatable bonds is 6. The molecule has 1 N–H and O–H groups in total. The maximum atomic E-state index is 12.6. The normalized spacial score (nSPS) is 14.2. The maximum absolute atomic E-state index is 12.6. The molecular formula is C24H25ClN4O3. The number of methoxy groups -OCH3 is 1. The lowest BCUT2D eigenvalue weighted by Gasteiger charge is -2.31. The molecule has 0 bridgehead atoms. The first-order chi connectivity index (χ1) is 15.5. The van der Waals surface area contributed by atoms with Crippen molar-refractivity contribution in [1.82, 2.24) is 9.97 Å². The first-order valence-corrected chi connectivity index (χ1v) is 10.9. The Morgan fingerprint density at radius 2 is 1.81 bits per heavy atom. The number of benzene rings is 2.